The number of hydrogen-bond acceptors (Lipinski definition) is 6. The van der Waals surface area contributed by atoms with Gasteiger partial charge in [-0.05, 0) is 12.1 Å². The Labute approximate surface area is 135 Å². The summed E-state index contributed by atoms with van der Waals surface area (Å²) in [4.78, 5) is 11.2. The Morgan fingerprint density at radius 2 is 2.00 bits per heavy atom. The minimum atomic E-state index is -3.90. The monoisotopic (exact) mass is 344 g/mol. The molecule has 0 bridgehead atoms. The SMILES string of the molecule is COCCN(CC(N)=O)S(=O)(=O)c1ccc2c(c1)OCCCO2. The second kappa shape index (κ2) is 7.62. The van der Waals surface area contributed by atoms with Crippen molar-refractivity contribution in [3.8, 4) is 11.5 Å². The zero-order valence-corrected chi connectivity index (χ0v) is 13.7. The maximum Gasteiger partial charge on any atom is 0.243 e. The average molecular weight is 344 g/mol. The molecule has 1 aliphatic rings. The fraction of sp³-hybridized carbons (Fsp3) is 0.500. The number of nitrogens with zero attached hydrogens (tertiary/aromatic N) is 1. The number of primary amides is 1. The highest BCUT2D eigenvalue weighted by Crippen LogP contribution is 2.32. The molecule has 0 fully saturated rings. The molecule has 0 saturated heterocycles. The average Bonchev–Trinajstić information content (AvgIpc) is 2.75. The van der Waals surface area contributed by atoms with Crippen molar-refractivity contribution >= 4 is 15.9 Å². The number of carbonyl (C=O) groups excluding carboxylic acids is 1. The van der Waals surface area contributed by atoms with Crippen molar-refractivity contribution in [1.29, 1.82) is 0 Å². The van der Waals surface area contributed by atoms with E-state index in [0.29, 0.717) is 24.7 Å². The highest BCUT2D eigenvalue weighted by molar-refractivity contribution is 7.89. The predicted molar refractivity (Wildman–Crippen MR) is 81.9 cm³/mol. The highest BCUT2D eigenvalue weighted by Gasteiger charge is 2.27. The first-order chi connectivity index (χ1) is 10.9. The van der Waals surface area contributed by atoms with Gasteiger partial charge in [0.25, 0.3) is 0 Å². The molecule has 0 saturated carbocycles. The lowest BCUT2D eigenvalue weighted by Crippen LogP contribution is -2.40. The molecule has 0 atom stereocenters. The van der Waals surface area contributed by atoms with Gasteiger partial charge in [0.1, 0.15) is 0 Å². The Kier molecular flexibility index (Phi) is 5.80. The van der Waals surface area contributed by atoms with Gasteiger partial charge < -0.3 is 19.9 Å². The Balaban J connectivity index is 2.32. The summed E-state index contributed by atoms with van der Waals surface area (Å²) in [6.45, 7) is 0.722. The number of ether oxygens (including phenoxy) is 3. The Morgan fingerprint density at radius 1 is 1.30 bits per heavy atom. The van der Waals surface area contributed by atoms with E-state index >= 15 is 0 Å². The molecule has 128 valence electrons. The van der Waals surface area contributed by atoms with Gasteiger partial charge in [-0.3, -0.25) is 4.79 Å². The van der Waals surface area contributed by atoms with Gasteiger partial charge in [0.15, 0.2) is 11.5 Å². The third-order valence-electron chi connectivity index (χ3n) is 3.23. The molecule has 0 radical (unpaired) electrons. The van der Waals surface area contributed by atoms with E-state index in [1.54, 1.807) is 6.07 Å². The van der Waals surface area contributed by atoms with Crippen molar-refractivity contribution < 1.29 is 27.4 Å². The van der Waals surface area contributed by atoms with Gasteiger partial charge in [-0.25, -0.2) is 8.42 Å². The zero-order chi connectivity index (χ0) is 16.9. The minimum Gasteiger partial charge on any atom is -0.490 e. The van der Waals surface area contributed by atoms with Crippen LogP contribution in [-0.2, 0) is 19.6 Å². The quantitative estimate of drug-likeness (QED) is 0.744. The third kappa shape index (κ3) is 4.34. The summed E-state index contributed by atoms with van der Waals surface area (Å²) < 4.78 is 42.3. The second-order valence-corrected chi connectivity index (χ2v) is 6.89. The molecule has 23 heavy (non-hydrogen) atoms. The van der Waals surface area contributed by atoms with Crippen molar-refractivity contribution in [2.24, 2.45) is 5.73 Å². The number of benzene rings is 1. The number of rotatable bonds is 7. The number of hydrogen-bond donors (Lipinski definition) is 1. The number of fused-ring (bicyclic) bond motifs is 1. The molecule has 0 unspecified atom stereocenters. The Hall–Kier alpha value is -1.84. The van der Waals surface area contributed by atoms with Crippen LogP contribution in [0.3, 0.4) is 0 Å². The number of sulfonamides is 1. The molecular weight excluding hydrogens is 324 g/mol. The molecule has 2 N–H and O–H groups in total. The molecule has 8 nitrogen and oxygen atoms in total. The van der Waals surface area contributed by atoms with Crippen molar-refractivity contribution in [3.05, 3.63) is 18.2 Å². The van der Waals surface area contributed by atoms with E-state index in [1.165, 1.54) is 19.2 Å². The van der Waals surface area contributed by atoms with Gasteiger partial charge >= 0.3 is 0 Å². The predicted octanol–water partition coefficient (Wildman–Crippen LogP) is -0.0297. The standard InChI is InChI=1S/C14H20N2O6S/c1-20-8-5-16(10-14(15)17)23(18,19)11-3-4-12-13(9-11)22-7-2-6-21-12/h3-4,9H,2,5-8,10H2,1H3,(H2,15,17). The molecular formula is C14H20N2O6S. The third-order valence-corrected chi connectivity index (χ3v) is 5.07. The van der Waals surface area contributed by atoms with Crippen molar-refractivity contribution in [1.82, 2.24) is 4.31 Å². The smallest absolute Gasteiger partial charge is 0.243 e. The van der Waals surface area contributed by atoms with Gasteiger partial charge in [0.2, 0.25) is 15.9 Å². The van der Waals surface area contributed by atoms with Crippen LogP contribution in [0.2, 0.25) is 0 Å². The summed E-state index contributed by atoms with van der Waals surface area (Å²) in [5.41, 5.74) is 5.14. The molecule has 1 amide bonds. The van der Waals surface area contributed by atoms with Crippen LogP contribution < -0.4 is 15.2 Å². The lowest BCUT2D eigenvalue weighted by Gasteiger charge is -2.21. The van der Waals surface area contributed by atoms with Crippen LogP contribution in [0.4, 0.5) is 0 Å². The van der Waals surface area contributed by atoms with Gasteiger partial charge in [-0.1, -0.05) is 0 Å². The fourth-order valence-electron chi connectivity index (χ4n) is 2.10. The molecule has 1 aromatic rings. The second-order valence-electron chi connectivity index (χ2n) is 4.96. The number of amides is 1. The van der Waals surface area contributed by atoms with Crippen LogP contribution in [0.25, 0.3) is 0 Å². The summed E-state index contributed by atoms with van der Waals surface area (Å²) in [5.74, 6) is 0.133. The molecule has 1 aromatic carbocycles. The zero-order valence-electron chi connectivity index (χ0n) is 12.9. The molecule has 0 aliphatic carbocycles. The Bertz CT molecular complexity index is 661. The summed E-state index contributed by atoms with van der Waals surface area (Å²) in [6, 6.07) is 4.37. The number of carbonyl (C=O) groups is 1. The first-order valence-electron chi connectivity index (χ1n) is 7.12. The normalized spacial score (nSPS) is 14.5. The van der Waals surface area contributed by atoms with E-state index in [1.807, 2.05) is 0 Å². The van der Waals surface area contributed by atoms with E-state index in [-0.39, 0.29) is 18.0 Å². The van der Waals surface area contributed by atoms with Crippen LogP contribution in [0, 0.1) is 0 Å². The fourth-order valence-corrected chi connectivity index (χ4v) is 3.51. The van der Waals surface area contributed by atoms with Crippen molar-refractivity contribution in [2.75, 3.05) is 40.0 Å². The van der Waals surface area contributed by atoms with E-state index in [0.717, 1.165) is 10.7 Å². The van der Waals surface area contributed by atoms with Gasteiger partial charge in [0.05, 0.1) is 31.3 Å². The molecule has 0 spiro atoms. The number of methoxy groups -OCH3 is 1. The van der Waals surface area contributed by atoms with E-state index in [9.17, 15) is 13.2 Å². The molecule has 9 heteroatoms. The minimum absolute atomic E-state index is 0.0131. The highest BCUT2D eigenvalue weighted by atomic mass is 32.2. The first kappa shape index (κ1) is 17.5. The van der Waals surface area contributed by atoms with Gasteiger partial charge in [-0.2, -0.15) is 4.31 Å². The van der Waals surface area contributed by atoms with Crippen LogP contribution >= 0.6 is 0 Å². The largest absolute Gasteiger partial charge is 0.490 e. The maximum absolute atomic E-state index is 12.7. The van der Waals surface area contributed by atoms with Gasteiger partial charge in [-0.15, -0.1) is 0 Å². The van der Waals surface area contributed by atoms with Gasteiger partial charge in [0, 0.05) is 26.1 Å². The molecule has 1 heterocycles. The first-order valence-corrected chi connectivity index (χ1v) is 8.56. The van der Waals surface area contributed by atoms with Crippen molar-refractivity contribution in [2.45, 2.75) is 11.3 Å². The lowest BCUT2D eigenvalue weighted by molar-refractivity contribution is -0.118. The topological polar surface area (TPSA) is 108 Å². The van der Waals surface area contributed by atoms with E-state index in [2.05, 4.69) is 0 Å². The summed E-state index contributed by atoms with van der Waals surface area (Å²) >= 11 is 0. The molecule has 0 aromatic heterocycles. The van der Waals surface area contributed by atoms with Crippen LogP contribution in [0.15, 0.2) is 23.1 Å². The summed E-state index contributed by atoms with van der Waals surface area (Å²) in [7, 11) is -2.45. The summed E-state index contributed by atoms with van der Waals surface area (Å²) in [6.07, 6.45) is 0.721. The molecule has 2 rings (SSSR count). The molecule has 1 aliphatic heterocycles. The van der Waals surface area contributed by atoms with E-state index in [4.69, 9.17) is 19.9 Å². The van der Waals surface area contributed by atoms with Crippen molar-refractivity contribution in [3.63, 3.8) is 0 Å². The van der Waals surface area contributed by atoms with Crippen LogP contribution in [0.1, 0.15) is 6.42 Å². The van der Waals surface area contributed by atoms with Crippen LogP contribution in [0.5, 0.6) is 11.5 Å². The summed E-state index contributed by atoms with van der Waals surface area (Å²) in [5, 5.41) is 0. The van der Waals surface area contributed by atoms with E-state index < -0.39 is 22.5 Å². The maximum atomic E-state index is 12.7. The number of nitrogens with two attached hydrogens (primary N) is 1. The Morgan fingerprint density at radius 3 is 2.65 bits per heavy atom. The lowest BCUT2D eigenvalue weighted by atomic mass is 10.3. The van der Waals surface area contributed by atoms with Crippen LogP contribution in [-0.4, -0.2) is 58.7 Å².